The number of nitrogens with zero attached hydrogens (tertiary/aromatic N) is 4. The number of rotatable bonds is 9. The molecule has 2 saturated heterocycles. The quantitative estimate of drug-likeness (QED) is 0.351. The topological polar surface area (TPSA) is 55.4 Å². The van der Waals surface area contributed by atoms with Gasteiger partial charge in [0.25, 0.3) is 0 Å². The van der Waals surface area contributed by atoms with Crippen LogP contribution in [-0.4, -0.2) is 94.4 Å². The summed E-state index contributed by atoms with van der Waals surface area (Å²) in [6, 6.07) is 5.54. The van der Waals surface area contributed by atoms with Crippen molar-refractivity contribution in [1.29, 1.82) is 0 Å². The fourth-order valence-corrected chi connectivity index (χ4v) is 4.06. The molecule has 0 amide bonds. The maximum absolute atomic E-state index is 14.8. The first-order chi connectivity index (χ1) is 15.2. The summed E-state index contributed by atoms with van der Waals surface area (Å²) in [6.45, 7) is 15.9. The lowest BCUT2D eigenvalue weighted by molar-refractivity contribution is 0.0376. The molecule has 2 heterocycles. The molecule has 0 bridgehead atoms. The first kappa shape index (κ1) is 23.8. The van der Waals surface area contributed by atoms with Gasteiger partial charge < -0.3 is 25.2 Å². The Kier molecular flexibility index (Phi) is 9.84. The molecule has 1 aromatic rings. The van der Waals surface area contributed by atoms with Crippen molar-refractivity contribution in [1.82, 2.24) is 20.4 Å². The molecule has 0 radical (unpaired) electrons. The molecule has 0 saturated carbocycles. The third-order valence-electron chi connectivity index (χ3n) is 5.98. The molecule has 0 aromatic heterocycles. The Balaban J connectivity index is 1.47. The van der Waals surface area contributed by atoms with Crippen molar-refractivity contribution in [3.8, 4) is 0 Å². The number of aliphatic imine (C=N–C) groups is 1. The molecule has 0 unspecified atom stereocenters. The number of hydrogen-bond acceptors (Lipinski definition) is 5. The molecule has 2 aliphatic rings. The van der Waals surface area contributed by atoms with E-state index in [1.165, 1.54) is 0 Å². The summed E-state index contributed by atoms with van der Waals surface area (Å²) in [5.41, 5.74) is 1.59. The molecule has 0 aliphatic carbocycles. The molecule has 3 rings (SSSR count). The van der Waals surface area contributed by atoms with E-state index in [-0.39, 0.29) is 5.82 Å². The first-order valence-electron chi connectivity index (χ1n) is 11.8. The van der Waals surface area contributed by atoms with Gasteiger partial charge in [0.05, 0.1) is 25.4 Å². The average molecular weight is 435 g/mol. The molecule has 8 heteroatoms. The van der Waals surface area contributed by atoms with E-state index in [9.17, 15) is 4.39 Å². The van der Waals surface area contributed by atoms with Crippen molar-refractivity contribution in [2.45, 2.75) is 26.8 Å². The van der Waals surface area contributed by atoms with Crippen LogP contribution in [0.2, 0.25) is 0 Å². The maximum atomic E-state index is 14.8. The lowest BCUT2D eigenvalue weighted by Crippen LogP contribution is -2.46. The van der Waals surface area contributed by atoms with Crippen LogP contribution in [0.25, 0.3) is 0 Å². The highest BCUT2D eigenvalue weighted by molar-refractivity contribution is 5.79. The molecule has 7 nitrogen and oxygen atoms in total. The van der Waals surface area contributed by atoms with Crippen LogP contribution >= 0.6 is 0 Å². The second-order valence-electron chi connectivity index (χ2n) is 8.14. The van der Waals surface area contributed by atoms with Crippen LogP contribution in [-0.2, 0) is 11.3 Å². The van der Waals surface area contributed by atoms with Crippen molar-refractivity contribution < 1.29 is 9.13 Å². The van der Waals surface area contributed by atoms with Gasteiger partial charge in [-0.1, -0.05) is 13.0 Å². The highest BCUT2D eigenvalue weighted by atomic mass is 19.1. The number of likely N-dealkylation sites (N-methyl/N-ethyl adjacent to an activating group) is 1. The highest BCUT2D eigenvalue weighted by Crippen LogP contribution is 2.22. The van der Waals surface area contributed by atoms with E-state index in [1.54, 1.807) is 6.07 Å². The number of nitrogens with one attached hydrogen (secondary N) is 2. The monoisotopic (exact) mass is 434 g/mol. The summed E-state index contributed by atoms with van der Waals surface area (Å²) in [7, 11) is 0. The molecule has 2 N–H and O–H groups in total. The molecule has 174 valence electrons. The predicted molar refractivity (Wildman–Crippen MR) is 125 cm³/mol. The number of piperazine rings is 1. The van der Waals surface area contributed by atoms with Crippen molar-refractivity contribution in [2.24, 2.45) is 4.99 Å². The fourth-order valence-electron chi connectivity index (χ4n) is 4.06. The number of benzene rings is 1. The second-order valence-corrected chi connectivity index (χ2v) is 8.14. The molecule has 2 fully saturated rings. The fraction of sp³-hybridized carbons (Fsp3) is 0.696. The third kappa shape index (κ3) is 7.63. The average Bonchev–Trinajstić information content (AvgIpc) is 2.81. The molecule has 0 atom stereocenters. The lowest BCUT2D eigenvalue weighted by Gasteiger charge is -2.35. The van der Waals surface area contributed by atoms with E-state index < -0.39 is 0 Å². The van der Waals surface area contributed by atoms with E-state index in [0.717, 1.165) is 96.6 Å². The van der Waals surface area contributed by atoms with Crippen molar-refractivity contribution in [2.75, 3.05) is 83.6 Å². The van der Waals surface area contributed by atoms with Crippen molar-refractivity contribution >= 4 is 11.6 Å². The SMILES string of the molecule is CCNC(=NCc1ccc(N2CCN(CC)CC2)c(F)c1)NCCCN1CCOCC1. The van der Waals surface area contributed by atoms with Crippen LogP contribution in [0.4, 0.5) is 10.1 Å². The summed E-state index contributed by atoms with van der Waals surface area (Å²) in [6.07, 6.45) is 1.05. The van der Waals surface area contributed by atoms with Crippen LogP contribution in [0.5, 0.6) is 0 Å². The van der Waals surface area contributed by atoms with E-state index >= 15 is 0 Å². The van der Waals surface area contributed by atoms with Gasteiger partial charge in [-0.2, -0.15) is 0 Å². The second kappa shape index (κ2) is 12.8. The van der Waals surface area contributed by atoms with Crippen LogP contribution in [0.3, 0.4) is 0 Å². The van der Waals surface area contributed by atoms with Gasteiger partial charge in [-0.15, -0.1) is 0 Å². The zero-order valence-corrected chi connectivity index (χ0v) is 19.2. The van der Waals surface area contributed by atoms with Gasteiger partial charge in [-0.3, -0.25) is 4.90 Å². The number of anilines is 1. The van der Waals surface area contributed by atoms with Gasteiger partial charge in [0.1, 0.15) is 5.82 Å². The van der Waals surface area contributed by atoms with E-state index in [2.05, 4.69) is 44.2 Å². The van der Waals surface area contributed by atoms with Crippen LogP contribution in [0.1, 0.15) is 25.8 Å². The van der Waals surface area contributed by atoms with E-state index in [1.807, 2.05) is 12.1 Å². The van der Waals surface area contributed by atoms with E-state index in [0.29, 0.717) is 12.2 Å². The molecular formula is C23H39FN6O. The van der Waals surface area contributed by atoms with Gasteiger partial charge in [-0.05, 0) is 44.1 Å². The number of ether oxygens (including phenoxy) is 1. The predicted octanol–water partition coefficient (Wildman–Crippen LogP) is 1.75. The molecule has 31 heavy (non-hydrogen) atoms. The Hall–Kier alpha value is -1.90. The summed E-state index contributed by atoms with van der Waals surface area (Å²) in [5.74, 6) is 0.630. The minimum Gasteiger partial charge on any atom is -0.379 e. The summed E-state index contributed by atoms with van der Waals surface area (Å²) in [4.78, 5) is 11.6. The summed E-state index contributed by atoms with van der Waals surface area (Å²) >= 11 is 0. The smallest absolute Gasteiger partial charge is 0.191 e. The summed E-state index contributed by atoms with van der Waals surface area (Å²) < 4.78 is 20.2. The molecular weight excluding hydrogens is 395 g/mol. The Labute approximate surface area is 186 Å². The van der Waals surface area contributed by atoms with Crippen LogP contribution in [0, 0.1) is 5.82 Å². The number of halogens is 1. The van der Waals surface area contributed by atoms with Gasteiger partial charge in [0.15, 0.2) is 5.96 Å². The molecule has 0 spiro atoms. The van der Waals surface area contributed by atoms with E-state index in [4.69, 9.17) is 4.74 Å². The third-order valence-corrected chi connectivity index (χ3v) is 5.98. The standard InChI is InChI=1S/C23H39FN6O/c1-3-25-23(26-8-5-9-29-14-16-31-17-15-29)27-19-20-6-7-22(21(24)18-20)30-12-10-28(4-2)11-13-30/h6-7,18H,3-5,8-17,19H2,1-2H3,(H2,25,26,27). The number of morpholine rings is 1. The lowest BCUT2D eigenvalue weighted by atomic mass is 10.1. The number of guanidine groups is 1. The molecule has 2 aliphatic heterocycles. The van der Waals surface area contributed by atoms with Crippen molar-refractivity contribution in [3.05, 3.63) is 29.6 Å². The summed E-state index contributed by atoms with van der Waals surface area (Å²) in [5, 5.41) is 6.67. The molecule has 1 aromatic carbocycles. The first-order valence-corrected chi connectivity index (χ1v) is 11.8. The van der Waals surface area contributed by atoms with Crippen LogP contribution in [0.15, 0.2) is 23.2 Å². The normalized spacial score (nSPS) is 18.9. The zero-order valence-electron chi connectivity index (χ0n) is 19.2. The van der Waals surface area contributed by atoms with Gasteiger partial charge in [-0.25, -0.2) is 9.38 Å². The van der Waals surface area contributed by atoms with Crippen LogP contribution < -0.4 is 15.5 Å². The minimum absolute atomic E-state index is 0.152. The number of hydrogen-bond donors (Lipinski definition) is 2. The van der Waals surface area contributed by atoms with Crippen molar-refractivity contribution in [3.63, 3.8) is 0 Å². The Morgan fingerprint density at radius 2 is 1.81 bits per heavy atom. The highest BCUT2D eigenvalue weighted by Gasteiger charge is 2.18. The Bertz CT molecular complexity index is 687. The Morgan fingerprint density at radius 3 is 2.48 bits per heavy atom. The van der Waals surface area contributed by atoms with Gasteiger partial charge >= 0.3 is 0 Å². The minimum atomic E-state index is -0.152. The largest absolute Gasteiger partial charge is 0.379 e. The van der Waals surface area contributed by atoms with Gasteiger partial charge in [0.2, 0.25) is 0 Å². The Morgan fingerprint density at radius 1 is 1.03 bits per heavy atom. The maximum Gasteiger partial charge on any atom is 0.191 e. The zero-order chi connectivity index (χ0) is 21.9. The van der Waals surface area contributed by atoms with Gasteiger partial charge in [0, 0.05) is 52.4 Å².